The molecule has 2 aromatic rings. The van der Waals surface area contributed by atoms with Gasteiger partial charge in [-0.3, -0.25) is 10.1 Å². The van der Waals surface area contributed by atoms with Gasteiger partial charge in [-0.1, -0.05) is 6.92 Å². The van der Waals surface area contributed by atoms with E-state index in [-0.39, 0.29) is 10.6 Å². The Hall–Kier alpha value is -1.95. The molecule has 0 aliphatic carbocycles. The van der Waals surface area contributed by atoms with Gasteiger partial charge in [-0.25, -0.2) is 4.98 Å². The van der Waals surface area contributed by atoms with Crippen LogP contribution in [0.4, 0.5) is 11.4 Å². The predicted molar refractivity (Wildman–Crippen MR) is 81.4 cm³/mol. The van der Waals surface area contributed by atoms with E-state index in [0.717, 1.165) is 27.6 Å². The van der Waals surface area contributed by atoms with Gasteiger partial charge < -0.3 is 5.32 Å². The van der Waals surface area contributed by atoms with E-state index in [1.165, 1.54) is 0 Å². The highest BCUT2D eigenvalue weighted by Crippen LogP contribution is 2.26. The van der Waals surface area contributed by atoms with Gasteiger partial charge in [0.25, 0.3) is 5.69 Å². The van der Waals surface area contributed by atoms with Crippen molar-refractivity contribution in [3.63, 3.8) is 0 Å². The Balaban J connectivity index is 2.13. The van der Waals surface area contributed by atoms with Crippen LogP contribution in [0.2, 0.25) is 0 Å². The number of aryl methyl sites for hydroxylation is 3. The molecule has 106 valence electrons. The van der Waals surface area contributed by atoms with Crippen molar-refractivity contribution in [2.45, 2.75) is 33.7 Å². The minimum absolute atomic E-state index is 0.166. The van der Waals surface area contributed by atoms with Gasteiger partial charge in [0, 0.05) is 28.4 Å². The summed E-state index contributed by atoms with van der Waals surface area (Å²) in [5.41, 5.74) is 2.64. The minimum atomic E-state index is -0.344. The molecule has 0 aliphatic heterocycles. The first kappa shape index (κ1) is 14.5. The highest BCUT2D eigenvalue weighted by atomic mass is 32.1. The van der Waals surface area contributed by atoms with Crippen LogP contribution < -0.4 is 5.32 Å². The number of thiazole rings is 1. The number of nitro groups is 1. The average molecular weight is 291 g/mol. The number of aromatic nitrogens is 1. The fourth-order valence-electron chi connectivity index (χ4n) is 1.96. The van der Waals surface area contributed by atoms with Crippen LogP contribution in [0, 0.1) is 24.0 Å². The lowest BCUT2D eigenvalue weighted by Gasteiger charge is -2.09. The quantitative estimate of drug-likeness (QED) is 0.671. The molecule has 1 aromatic heterocycles. The van der Waals surface area contributed by atoms with Crippen molar-refractivity contribution in [1.29, 1.82) is 0 Å². The third-order valence-corrected chi connectivity index (χ3v) is 4.24. The molecule has 0 saturated carbocycles. The van der Waals surface area contributed by atoms with Crippen LogP contribution >= 0.6 is 11.3 Å². The normalized spacial score (nSPS) is 10.6. The molecule has 1 heterocycles. The zero-order chi connectivity index (χ0) is 14.7. The van der Waals surface area contributed by atoms with Gasteiger partial charge in [-0.05, 0) is 31.9 Å². The number of anilines is 1. The molecule has 6 heteroatoms. The van der Waals surface area contributed by atoms with Crippen molar-refractivity contribution in [2.75, 3.05) is 5.32 Å². The van der Waals surface area contributed by atoms with Gasteiger partial charge in [-0.15, -0.1) is 11.3 Å². The minimum Gasteiger partial charge on any atom is -0.380 e. The van der Waals surface area contributed by atoms with Crippen molar-refractivity contribution in [3.8, 4) is 0 Å². The third-order valence-electron chi connectivity index (χ3n) is 3.10. The second kappa shape index (κ2) is 6.00. The maximum Gasteiger partial charge on any atom is 0.272 e. The predicted octanol–water partition coefficient (Wildman–Crippen LogP) is 3.84. The number of nitrogens with one attached hydrogen (secondary N) is 1. The maximum atomic E-state index is 10.9. The number of rotatable bonds is 5. The van der Waals surface area contributed by atoms with Gasteiger partial charge in [0.1, 0.15) is 0 Å². The van der Waals surface area contributed by atoms with Crippen LogP contribution in [-0.2, 0) is 13.0 Å². The molecule has 0 spiro atoms. The van der Waals surface area contributed by atoms with E-state index < -0.39 is 0 Å². The fraction of sp³-hybridized carbons (Fsp3) is 0.357. The summed E-state index contributed by atoms with van der Waals surface area (Å²) in [5.74, 6) is 0. The Kier molecular flexibility index (Phi) is 4.34. The van der Waals surface area contributed by atoms with Crippen LogP contribution in [0.15, 0.2) is 18.3 Å². The van der Waals surface area contributed by atoms with Gasteiger partial charge in [0.2, 0.25) is 0 Å². The van der Waals surface area contributed by atoms with Crippen LogP contribution in [0.1, 0.15) is 27.9 Å². The van der Waals surface area contributed by atoms with E-state index in [9.17, 15) is 10.1 Å². The van der Waals surface area contributed by atoms with Crippen LogP contribution in [0.25, 0.3) is 0 Å². The lowest BCUT2D eigenvalue weighted by molar-refractivity contribution is -0.385. The molecule has 0 fully saturated rings. The Morgan fingerprint density at radius 3 is 2.70 bits per heavy atom. The topological polar surface area (TPSA) is 68.1 Å². The number of hydrogen-bond donors (Lipinski definition) is 1. The zero-order valence-corrected chi connectivity index (χ0v) is 12.6. The van der Waals surface area contributed by atoms with Gasteiger partial charge in [-0.2, -0.15) is 0 Å². The summed E-state index contributed by atoms with van der Waals surface area (Å²) in [6, 6.07) is 3.44. The summed E-state index contributed by atoms with van der Waals surface area (Å²) in [5, 5.41) is 15.3. The molecule has 0 amide bonds. The molecular weight excluding hydrogens is 274 g/mol. The lowest BCUT2D eigenvalue weighted by atomic mass is 10.1. The van der Waals surface area contributed by atoms with Crippen molar-refractivity contribution in [2.24, 2.45) is 0 Å². The first-order chi connectivity index (χ1) is 9.51. The summed E-state index contributed by atoms with van der Waals surface area (Å²) in [7, 11) is 0. The van der Waals surface area contributed by atoms with Crippen molar-refractivity contribution < 1.29 is 4.92 Å². The Morgan fingerprint density at radius 2 is 2.10 bits per heavy atom. The molecule has 0 atom stereocenters. The summed E-state index contributed by atoms with van der Waals surface area (Å²) in [6.45, 7) is 6.40. The molecular formula is C14H17N3O2S. The summed E-state index contributed by atoms with van der Waals surface area (Å²) in [4.78, 5) is 16.0. The van der Waals surface area contributed by atoms with E-state index in [2.05, 4.69) is 17.2 Å². The van der Waals surface area contributed by atoms with Crippen molar-refractivity contribution in [1.82, 2.24) is 4.98 Å². The molecule has 0 aliphatic rings. The Bertz CT molecular complexity index is 637. The highest BCUT2D eigenvalue weighted by molar-refractivity contribution is 7.11. The van der Waals surface area contributed by atoms with E-state index in [1.54, 1.807) is 24.3 Å². The smallest absolute Gasteiger partial charge is 0.272 e. The second-order valence-corrected chi connectivity index (χ2v) is 5.84. The SMILES string of the molecule is CCc1ncc(CNc2cc(C)c([N+](=O)[O-])cc2C)s1. The first-order valence-electron chi connectivity index (χ1n) is 6.44. The number of benzene rings is 1. The molecule has 5 nitrogen and oxygen atoms in total. The monoisotopic (exact) mass is 291 g/mol. The number of nitro benzene ring substituents is 1. The first-order valence-corrected chi connectivity index (χ1v) is 7.26. The zero-order valence-electron chi connectivity index (χ0n) is 11.8. The molecule has 0 saturated heterocycles. The Labute approximate surface area is 121 Å². The number of nitrogens with zero attached hydrogens (tertiary/aromatic N) is 2. The summed E-state index contributed by atoms with van der Waals surface area (Å²) in [6.07, 6.45) is 2.82. The molecule has 0 radical (unpaired) electrons. The van der Waals surface area contributed by atoms with Gasteiger partial charge >= 0.3 is 0 Å². The van der Waals surface area contributed by atoms with Crippen LogP contribution in [0.3, 0.4) is 0 Å². The Morgan fingerprint density at radius 1 is 1.35 bits per heavy atom. The third kappa shape index (κ3) is 3.14. The molecule has 0 unspecified atom stereocenters. The van der Waals surface area contributed by atoms with E-state index in [1.807, 2.05) is 19.2 Å². The average Bonchev–Trinajstić information content (AvgIpc) is 2.87. The molecule has 20 heavy (non-hydrogen) atoms. The van der Waals surface area contributed by atoms with Gasteiger partial charge in [0.05, 0.1) is 16.5 Å². The highest BCUT2D eigenvalue weighted by Gasteiger charge is 2.13. The standard InChI is InChI=1S/C14H17N3O2S/c1-4-14-16-8-11(20-14)7-15-12-5-10(3)13(17(18)19)6-9(12)2/h5-6,8,15H,4,7H2,1-3H3. The van der Waals surface area contributed by atoms with Gasteiger partial charge in [0.15, 0.2) is 0 Å². The molecule has 0 bridgehead atoms. The molecule has 1 N–H and O–H groups in total. The van der Waals surface area contributed by atoms with Crippen molar-refractivity contribution >= 4 is 22.7 Å². The van der Waals surface area contributed by atoms with E-state index >= 15 is 0 Å². The second-order valence-electron chi connectivity index (χ2n) is 4.64. The summed E-state index contributed by atoms with van der Waals surface area (Å²) >= 11 is 1.69. The maximum absolute atomic E-state index is 10.9. The molecule has 2 rings (SSSR count). The summed E-state index contributed by atoms with van der Waals surface area (Å²) < 4.78 is 0. The number of hydrogen-bond acceptors (Lipinski definition) is 5. The van der Waals surface area contributed by atoms with E-state index in [4.69, 9.17) is 0 Å². The largest absolute Gasteiger partial charge is 0.380 e. The van der Waals surface area contributed by atoms with Crippen LogP contribution in [0.5, 0.6) is 0 Å². The lowest BCUT2D eigenvalue weighted by Crippen LogP contribution is -2.01. The van der Waals surface area contributed by atoms with Crippen LogP contribution in [-0.4, -0.2) is 9.91 Å². The van der Waals surface area contributed by atoms with E-state index in [0.29, 0.717) is 12.1 Å². The van der Waals surface area contributed by atoms with Crippen molar-refractivity contribution in [3.05, 3.63) is 49.5 Å². The fourth-order valence-corrected chi connectivity index (χ4v) is 2.77. The molecule has 1 aromatic carbocycles.